The van der Waals surface area contributed by atoms with Crippen LogP contribution in [0.1, 0.15) is 46.9 Å². The van der Waals surface area contributed by atoms with E-state index in [0.717, 1.165) is 16.7 Å². The van der Waals surface area contributed by atoms with Crippen molar-refractivity contribution in [2.24, 2.45) is 0 Å². The van der Waals surface area contributed by atoms with Crippen LogP contribution >= 0.6 is 0 Å². The zero-order valence-corrected chi connectivity index (χ0v) is 18.7. The lowest BCUT2D eigenvalue weighted by atomic mass is 10.0. The van der Waals surface area contributed by atoms with Gasteiger partial charge in [0.15, 0.2) is 0 Å². The van der Waals surface area contributed by atoms with Crippen molar-refractivity contribution in [1.29, 1.82) is 0 Å². The first kappa shape index (κ1) is 21.1. The van der Waals surface area contributed by atoms with Gasteiger partial charge in [-0.25, -0.2) is 8.42 Å². The second-order valence-corrected chi connectivity index (χ2v) is 9.93. The van der Waals surface area contributed by atoms with E-state index in [1.54, 1.807) is 36.4 Å². The van der Waals surface area contributed by atoms with Crippen molar-refractivity contribution >= 4 is 21.6 Å². The Bertz CT molecular complexity index is 1210. The Morgan fingerprint density at radius 2 is 1.71 bits per heavy atom. The highest BCUT2D eigenvalue weighted by Gasteiger charge is 2.36. The molecule has 1 N–H and O–H groups in total. The van der Waals surface area contributed by atoms with Gasteiger partial charge in [-0.2, -0.15) is 0 Å². The summed E-state index contributed by atoms with van der Waals surface area (Å²) in [5.41, 5.74) is 4.07. The molecule has 1 amide bonds. The quantitative estimate of drug-likeness (QED) is 0.637. The summed E-state index contributed by atoms with van der Waals surface area (Å²) >= 11 is 0. The first-order chi connectivity index (χ1) is 14.8. The van der Waals surface area contributed by atoms with Crippen LogP contribution < -0.4 is 9.62 Å². The molecule has 0 bridgehead atoms. The van der Waals surface area contributed by atoms with Crippen LogP contribution in [0.4, 0.5) is 5.69 Å². The second kappa shape index (κ2) is 8.19. The van der Waals surface area contributed by atoms with E-state index in [-0.39, 0.29) is 22.9 Å². The molecule has 2 atom stereocenters. The molecule has 5 nitrogen and oxygen atoms in total. The van der Waals surface area contributed by atoms with Crippen LogP contribution in [0.2, 0.25) is 0 Å². The lowest BCUT2D eigenvalue weighted by Crippen LogP contribution is -2.35. The smallest absolute Gasteiger partial charge is 0.264 e. The number of sulfonamides is 1. The molecule has 6 heteroatoms. The average molecular weight is 435 g/mol. The molecule has 31 heavy (non-hydrogen) atoms. The monoisotopic (exact) mass is 434 g/mol. The Hall–Kier alpha value is -3.12. The number of nitrogens with one attached hydrogen (secondary N) is 1. The predicted molar refractivity (Wildman–Crippen MR) is 123 cm³/mol. The number of rotatable bonds is 5. The lowest BCUT2D eigenvalue weighted by Gasteiger charge is -2.24. The van der Waals surface area contributed by atoms with Crippen molar-refractivity contribution in [3.63, 3.8) is 0 Å². The van der Waals surface area contributed by atoms with Gasteiger partial charge in [-0.3, -0.25) is 9.10 Å². The van der Waals surface area contributed by atoms with Crippen molar-refractivity contribution < 1.29 is 13.2 Å². The van der Waals surface area contributed by atoms with Crippen LogP contribution in [0.25, 0.3) is 0 Å². The highest BCUT2D eigenvalue weighted by molar-refractivity contribution is 7.92. The van der Waals surface area contributed by atoms with Gasteiger partial charge >= 0.3 is 0 Å². The number of benzene rings is 3. The lowest BCUT2D eigenvalue weighted by molar-refractivity contribution is 0.0940. The number of anilines is 1. The van der Waals surface area contributed by atoms with Gasteiger partial charge in [0.2, 0.25) is 0 Å². The third-order valence-corrected chi connectivity index (χ3v) is 7.66. The highest BCUT2D eigenvalue weighted by Crippen LogP contribution is 2.37. The van der Waals surface area contributed by atoms with Gasteiger partial charge < -0.3 is 5.32 Å². The first-order valence-electron chi connectivity index (χ1n) is 10.4. The Balaban J connectivity index is 1.59. The topological polar surface area (TPSA) is 66.5 Å². The Morgan fingerprint density at radius 1 is 1.03 bits per heavy atom. The number of hydrogen-bond donors (Lipinski definition) is 1. The zero-order chi connectivity index (χ0) is 22.2. The molecule has 3 aromatic carbocycles. The Labute approximate surface area is 183 Å². The minimum absolute atomic E-state index is 0.126. The van der Waals surface area contributed by atoms with E-state index >= 15 is 0 Å². The maximum atomic E-state index is 13.3. The van der Waals surface area contributed by atoms with Gasteiger partial charge in [0.05, 0.1) is 16.6 Å². The normalized spacial score (nSPS) is 16.6. The summed E-state index contributed by atoms with van der Waals surface area (Å²) in [7, 11) is -3.67. The molecule has 1 aliphatic heterocycles. The van der Waals surface area contributed by atoms with Gasteiger partial charge in [-0.1, -0.05) is 48.0 Å². The molecule has 1 heterocycles. The van der Waals surface area contributed by atoms with Crippen LogP contribution in [0, 0.1) is 6.92 Å². The number of carbonyl (C=O) groups is 1. The first-order valence-corrected chi connectivity index (χ1v) is 11.8. The molecule has 0 aromatic heterocycles. The van der Waals surface area contributed by atoms with E-state index < -0.39 is 10.0 Å². The molecule has 1 aliphatic rings. The molecular weight excluding hydrogens is 408 g/mol. The fourth-order valence-electron chi connectivity index (χ4n) is 4.04. The van der Waals surface area contributed by atoms with Gasteiger partial charge in [-0.15, -0.1) is 0 Å². The summed E-state index contributed by atoms with van der Waals surface area (Å²) in [5, 5.41) is 3.02. The fourth-order valence-corrected chi connectivity index (χ4v) is 5.73. The minimum Gasteiger partial charge on any atom is -0.346 e. The number of nitrogens with zero attached hydrogens (tertiary/aromatic N) is 1. The summed E-state index contributed by atoms with van der Waals surface area (Å²) in [4.78, 5) is 13.1. The molecule has 160 valence electrons. The third kappa shape index (κ3) is 4.08. The zero-order valence-electron chi connectivity index (χ0n) is 17.9. The molecule has 0 fully saturated rings. The van der Waals surface area contributed by atoms with Crippen LogP contribution in [0.15, 0.2) is 77.7 Å². The molecular formula is C25H26N2O3S. The molecule has 0 saturated heterocycles. The predicted octanol–water partition coefficient (Wildman–Crippen LogP) is 4.63. The van der Waals surface area contributed by atoms with Crippen LogP contribution in [-0.2, 0) is 16.4 Å². The maximum absolute atomic E-state index is 13.3. The van der Waals surface area contributed by atoms with Crippen molar-refractivity contribution in [3.05, 3.63) is 95.1 Å². The number of carbonyl (C=O) groups excluding carboxylic acids is 1. The van der Waals surface area contributed by atoms with Crippen molar-refractivity contribution in [1.82, 2.24) is 5.32 Å². The average Bonchev–Trinajstić information content (AvgIpc) is 3.10. The van der Waals surface area contributed by atoms with E-state index in [4.69, 9.17) is 0 Å². The molecule has 3 aromatic rings. The minimum atomic E-state index is -3.67. The van der Waals surface area contributed by atoms with Crippen LogP contribution in [-0.4, -0.2) is 20.4 Å². The standard InChI is InChI=1S/C25H26N2O3S/c1-17-9-12-23(13-10-17)31(29,30)27-18(2)15-22-16-21(11-14-24(22)27)25(28)26-19(3)20-7-5-4-6-8-20/h4-14,16,18-19H,15H2,1-3H3,(H,26,28)/t18-,19+/m0/s1. The summed E-state index contributed by atoms with van der Waals surface area (Å²) in [6, 6.07) is 21.6. The van der Waals surface area contributed by atoms with Crippen LogP contribution in [0.5, 0.6) is 0 Å². The van der Waals surface area contributed by atoms with E-state index in [0.29, 0.717) is 17.7 Å². The highest BCUT2D eigenvalue weighted by atomic mass is 32.2. The van der Waals surface area contributed by atoms with E-state index in [2.05, 4.69) is 5.32 Å². The molecule has 0 radical (unpaired) electrons. The Morgan fingerprint density at radius 3 is 2.39 bits per heavy atom. The number of fused-ring (bicyclic) bond motifs is 1. The van der Waals surface area contributed by atoms with E-state index in [9.17, 15) is 13.2 Å². The van der Waals surface area contributed by atoms with Gasteiger partial charge in [0, 0.05) is 11.6 Å². The third-order valence-electron chi connectivity index (χ3n) is 5.72. The molecule has 0 saturated carbocycles. The summed E-state index contributed by atoms with van der Waals surface area (Å²) in [5.74, 6) is -0.174. The SMILES string of the molecule is Cc1ccc(S(=O)(=O)N2c3ccc(C(=O)N[C@H](C)c4ccccc4)cc3C[C@@H]2C)cc1. The molecule has 0 unspecified atom stereocenters. The number of hydrogen-bond acceptors (Lipinski definition) is 3. The second-order valence-electron chi connectivity index (χ2n) is 8.12. The Kier molecular flexibility index (Phi) is 5.58. The van der Waals surface area contributed by atoms with Crippen LogP contribution in [0.3, 0.4) is 0 Å². The van der Waals surface area contributed by atoms with Crippen molar-refractivity contribution in [3.8, 4) is 0 Å². The van der Waals surface area contributed by atoms with Crippen molar-refractivity contribution in [2.75, 3.05) is 4.31 Å². The molecule has 4 rings (SSSR count). The van der Waals surface area contributed by atoms with E-state index in [1.165, 1.54) is 4.31 Å². The van der Waals surface area contributed by atoms with Gasteiger partial charge in [-0.05, 0) is 68.7 Å². The van der Waals surface area contributed by atoms with Gasteiger partial charge in [0.1, 0.15) is 0 Å². The molecule has 0 spiro atoms. The largest absolute Gasteiger partial charge is 0.346 e. The molecule has 0 aliphatic carbocycles. The summed E-state index contributed by atoms with van der Waals surface area (Å²) in [6.45, 7) is 5.76. The summed E-state index contributed by atoms with van der Waals surface area (Å²) in [6.07, 6.45) is 0.565. The number of amides is 1. The maximum Gasteiger partial charge on any atom is 0.264 e. The fraction of sp³-hybridized carbons (Fsp3) is 0.240. The number of aryl methyl sites for hydroxylation is 1. The van der Waals surface area contributed by atoms with Crippen molar-refractivity contribution in [2.45, 2.75) is 44.2 Å². The van der Waals surface area contributed by atoms with E-state index in [1.807, 2.05) is 57.2 Å². The van der Waals surface area contributed by atoms with Gasteiger partial charge in [0.25, 0.3) is 15.9 Å². The summed E-state index contributed by atoms with van der Waals surface area (Å²) < 4.78 is 28.0.